The quantitative estimate of drug-likeness (QED) is 0.901. The molecule has 3 rings (SSSR count). The molecule has 132 valence electrons. The lowest BCUT2D eigenvalue weighted by Gasteiger charge is -2.12. The second kappa shape index (κ2) is 5.98. The molecule has 0 bridgehead atoms. The highest BCUT2D eigenvalue weighted by molar-refractivity contribution is 6.03. The van der Waals surface area contributed by atoms with E-state index in [4.69, 9.17) is 0 Å². The van der Waals surface area contributed by atoms with Crippen molar-refractivity contribution in [2.24, 2.45) is 7.05 Å². The molecule has 6 nitrogen and oxygen atoms in total. The number of halogens is 3. The normalized spacial score (nSPS) is 16.6. The number of alkyl halides is 3. The molecule has 0 saturated carbocycles. The Kier molecular flexibility index (Phi) is 4.09. The fraction of sp³-hybridized carbons (Fsp3) is 0.375. The van der Waals surface area contributed by atoms with E-state index in [1.807, 2.05) is 6.92 Å². The summed E-state index contributed by atoms with van der Waals surface area (Å²) in [5.41, 5.74) is 0.268. The zero-order valence-corrected chi connectivity index (χ0v) is 13.5. The Labute approximate surface area is 140 Å². The van der Waals surface area contributed by atoms with Crippen molar-refractivity contribution in [3.63, 3.8) is 0 Å². The predicted molar refractivity (Wildman–Crippen MR) is 83.4 cm³/mol. The summed E-state index contributed by atoms with van der Waals surface area (Å²) in [6.45, 7) is 2.01. The summed E-state index contributed by atoms with van der Waals surface area (Å²) in [4.78, 5) is 31.7. The topological polar surface area (TPSA) is 76.9 Å². The Morgan fingerprint density at radius 3 is 2.56 bits per heavy atom. The highest BCUT2D eigenvalue weighted by Gasteiger charge is 2.31. The van der Waals surface area contributed by atoms with Crippen molar-refractivity contribution in [2.45, 2.75) is 31.9 Å². The number of rotatable bonds is 2. The molecule has 0 radical (unpaired) electrons. The molecule has 0 unspecified atom stereocenters. The zero-order chi connectivity index (χ0) is 18.4. The molecule has 0 aromatic carbocycles. The molecule has 2 aromatic heterocycles. The second-order valence-electron chi connectivity index (χ2n) is 6.01. The van der Waals surface area contributed by atoms with Crippen molar-refractivity contribution in [3.8, 4) is 0 Å². The zero-order valence-electron chi connectivity index (χ0n) is 13.5. The molecule has 0 saturated heterocycles. The number of nitrogens with zero attached hydrogens (tertiary/aromatic N) is 3. The number of nitrogens with one attached hydrogen (secondary N) is 1. The van der Waals surface area contributed by atoms with Gasteiger partial charge in [0.2, 0.25) is 5.95 Å². The number of carbonyl (C=O) groups is 1. The van der Waals surface area contributed by atoms with Gasteiger partial charge in [-0.05, 0) is 30.4 Å². The molecule has 0 fully saturated rings. The molecule has 2 aromatic rings. The van der Waals surface area contributed by atoms with Crippen LogP contribution in [0.15, 0.2) is 23.3 Å². The number of anilines is 1. The van der Waals surface area contributed by atoms with E-state index in [-0.39, 0.29) is 17.4 Å². The Bertz CT molecular complexity index is 888. The summed E-state index contributed by atoms with van der Waals surface area (Å²) in [7, 11) is 1.60. The van der Waals surface area contributed by atoms with Crippen LogP contribution in [-0.4, -0.2) is 20.4 Å². The third-order valence-corrected chi connectivity index (χ3v) is 4.37. The van der Waals surface area contributed by atoms with Gasteiger partial charge in [0, 0.05) is 25.1 Å². The standard InChI is InChI=1S/C16H15F3N4O2/c1-8-3-4-12-10(8)5-11(14(25)23(12)2)13(24)22-15-20-6-9(7-21-15)16(17,18)19/h5-8H,3-4H2,1-2H3,(H,20,21,22,24)/t8-/m0/s1. The number of hydrogen-bond donors (Lipinski definition) is 1. The molecule has 25 heavy (non-hydrogen) atoms. The maximum atomic E-state index is 12.5. The van der Waals surface area contributed by atoms with E-state index in [9.17, 15) is 22.8 Å². The summed E-state index contributed by atoms with van der Waals surface area (Å²) in [6.07, 6.45) is -1.74. The number of aromatic nitrogens is 3. The third-order valence-electron chi connectivity index (χ3n) is 4.37. The summed E-state index contributed by atoms with van der Waals surface area (Å²) in [5.74, 6) is -0.813. The van der Waals surface area contributed by atoms with E-state index in [1.54, 1.807) is 13.1 Å². The first kappa shape index (κ1) is 17.1. The van der Waals surface area contributed by atoms with Gasteiger partial charge < -0.3 is 4.57 Å². The SMILES string of the molecule is C[C@H]1CCc2c1cc(C(=O)Nc1ncc(C(F)(F)F)cn1)c(=O)n2C. The maximum Gasteiger partial charge on any atom is 0.419 e. The molecule has 1 aliphatic rings. The van der Waals surface area contributed by atoms with Gasteiger partial charge in [-0.2, -0.15) is 13.2 Å². The molecular weight excluding hydrogens is 337 g/mol. The minimum Gasteiger partial charge on any atom is -0.315 e. The lowest BCUT2D eigenvalue weighted by atomic mass is 10.0. The summed E-state index contributed by atoms with van der Waals surface area (Å²) in [5, 5.41) is 2.27. The van der Waals surface area contributed by atoms with Crippen LogP contribution >= 0.6 is 0 Å². The number of carbonyl (C=O) groups excluding carboxylic acids is 1. The number of pyridine rings is 1. The molecule has 2 heterocycles. The average molecular weight is 352 g/mol. The fourth-order valence-corrected chi connectivity index (χ4v) is 2.92. The lowest BCUT2D eigenvalue weighted by molar-refractivity contribution is -0.138. The highest BCUT2D eigenvalue weighted by Crippen LogP contribution is 2.32. The van der Waals surface area contributed by atoms with Crippen molar-refractivity contribution in [2.75, 3.05) is 5.32 Å². The smallest absolute Gasteiger partial charge is 0.315 e. The predicted octanol–water partition coefficient (Wildman–Crippen LogP) is 2.50. The van der Waals surface area contributed by atoms with Gasteiger partial charge in [0.25, 0.3) is 11.5 Å². The van der Waals surface area contributed by atoms with Crippen LogP contribution < -0.4 is 10.9 Å². The number of fused-ring (bicyclic) bond motifs is 1. The van der Waals surface area contributed by atoms with E-state index < -0.39 is 23.2 Å². The van der Waals surface area contributed by atoms with Crippen LogP contribution in [0.25, 0.3) is 0 Å². The lowest BCUT2D eigenvalue weighted by Crippen LogP contribution is -2.30. The van der Waals surface area contributed by atoms with E-state index >= 15 is 0 Å². The summed E-state index contributed by atoms with van der Waals surface area (Å²) >= 11 is 0. The Morgan fingerprint density at radius 1 is 1.32 bits per heavy atom. The summed E-state index contributed by atoms with van der Waals surface area (Å²) < 4.78 is 38.9. The van der Waals surface area contributed by atoms with E-state index in [0.29, 0.717) is 12.4 Å². The van der Waals surface area contributed by atoms with Crippen LogP contribution in [0.3, 0.4) is 0 Å². The molecule has 1 aliphatic carbocycles. The van der Waals surface area contributed by atoms with Crippen LogP contribution in [0, 0.1) is 0 Å². The molecule has 1 N–H and O–H groups in total. The first-order valence-electron chi connectivity index (χ1n) is 7.62. The summed E-state index contributed by atoms with van der Waals surface area (Å²) in [6, 6.07) is 1.55. The van der Waals surface area contributed by atoms with Crippen LogP contribution in [0.5, 0.6) is 0 Å². The fourth-order valence-electron chi connectivity index (χ4n) is 2.92. The minimum atomic E-state index is -4.56. The van der Waals surface area contributed by atoms with Crippen LogP contribution in [0.4, 0.5) is 19.1 Å². The minimum absolute atomic E-state index is 0.0847. The molecule has 0 spiro atoms. The monoisotopic (exact) mass is 352 g/mol. The van der Waals surface area contributed by atoms with Gasteiger partial charge in [-0.15, -0.1) is 0 Å². The van der Waals surface area contributed by atoms with Crippen molar-refractivity contribution < 1.29 is 18.0 Å². The Balaban J connectivity index is 1.88. The average Bonchev–Trinajstić information content (AvgIpc) is 2.91. The molecular formula is C16H15F3N4O2. The molecule has 1 amide bonds. The Hall–Kier alpha value is -2.71. The molecule has 9 heteroatoms. The van der Waals surface area contributed by atoms with Crippen molar-refractivity contribution in [1.82, 2.24) is 14.5 Å². The highest BCUT2D eigenvalue weighted by atomic mass is 19.4. The van der Waals surface area contributed by atoms with Crippen LogP contribution in [-0.2, 0) is 19.6 Å². The van der Waals surface area contributed by atoms with Gasteiger partial charge in [0.05, 0.1) is 5.56 Å². The van der Waals surface area contributed by atoms with Gasteiger partial charge in [0.15, 0.2) is 0 Å². The third kappa shape index (κ3) is 3.13. The maximum absolute atomic E-state index is 12.5. The van der Waals surface area contributed by atoms with E-state index in [1.165, 1.54) is 4.57 Å². The van der Waals surface area contributed by atoms with Crippen molar-refractivity contribution in [1.29, 1.82) is 0 Å². The molecule has 1 atom stereocenters. The largest absolute Gasteiger partial charge is 0.419 e. The first-order valence-corrected chi connectivity index (χ1v) is 7.62. The Morgan fingerprint density at radius 2 is 1.96 bits per heavy atom. The van der Waals surface area contributed by atoms with Gasteiger partial charge in [-0.3, -0.25) is 14.9 Å². The second-order valence-corrected chi connectivity index (χ2v) is 6.01. The van der Waals surface area contributed by atoms with Crippen LogP contribution in [0.2, 0.25) is 0 Å². The van der Waals surface area contributed by atoms with Crippen molar-refractivity contribution >= 4 is 11.9 Å². The van der Waals surface area contributed by atoms with Gasteiger partial charge >= 0.3 is 6.18 Å². The van der Waals surface area contributed by atoms with Gasteiger partial charge in [0.1, 0.15) is 5.56 Å². The molecule has 0 aliphatic heterocycles. The first-order chi connectivity index (χ1) is 11.7. The number of amides is 1. The number of hydrogen-bond acceptors (Lipinski definition) is 4. The van der Waals surface area contributed by atoms with E-state index in [2.05, 4.69) is 15.3 Å². The van der Waals surface area contributed by atoms with Crippen molar-refractivity contribution in [3.05, 3.63) is 51.2 Å². The van der Waals surface area contributed by atoms with Gasteiger partial charge in [-0.25, -0.2) is 9.97 Å². The van der Waals surface area contributed by atoms with E-state index in [0.717, 1.165) is 24.1 Å². The van der Waals surface area contributed by atoms with Crippen LogP contribution in [0.1, 0.15) is 46.4 Å². The van der Waals surface area contributed by atoms with Gasteiger partial charge in [-0.1, -0.05) is 6.92 Å².